The van der Waals surface area contributed by atoms with Crippen LogP contribution in [0.15, 0.2) is 0 Å². The number of likely N-dealkylation sites (tertiary alicyclic amines) is 1. The molecule has 1 atom stereocenters. The molecule has 2 rings (SSSR count). The Hall–Kier alpha value is -0.120. The SMILES string of the molecule is CC(C)C1CN(CC2CCN(C)CC2)CCN1. The van der Waals surface area contributed by atoms with Gasteiger partial charge in [-0.3, -0.25) is 0 Å². The molecule has 2 heterocycles. The molecule has 0 bridgehead atoms. The molecule has 17 heavy (non-hydrogen) atoms. The smallest absolute Gasteiger partial charge is 0.0218 e. The molecular weight excluding hydrogens is 210 g/mol. The third kappa shape index (κ3) is 3.94. The number of nitrogens with zero attached hydrogens (tertiary/aromatic N) is 2. The van der Waals surface area contributed by atoms with E-state index in [1.54, 1.807) is 0 Å². The summed E-state index contributed by atoms with van der Waals surface area (Å²) >= 11 is 0. The maximum absolute atomic E-state index is 3.64. The van der Waals surface area contributed by atoms with E-state index in [4.69, 9.17) is 0 Å². The Morgan fingerprint density at radius 3 is 2.53 bits per heavy atom. The van der Waals surface area contributed by atoms with Crippen molar-refractivity contribution < 1.29 is 0 Å². The minimum absolute atomic E-state index is 0.704. The molecule has 0 radical (unpaired) electrons. The predicted molar refractivity (Wildman–Crippen MR) is 73.3 cm³/mol. The van der Waals surface area contributed by atoms with Crippen LogP contribution in [0.4, 0.5) is 0 Å². The highest BCUT2D eigenvalue weighted by molar-refractivity contribution is 4.83. The van der Waals surface area contributed by atoms with Gasteiger partial charge in [0, 0.05) is 32.2 Å². The number of piperazine rings is 1. The van der Waals surface area contributed by atoms with Gasteiger partial charge in [0.2, 0.25) is 0 Å². The van der Waals surface area contributed by atoms with Gasteiger partial charge in [0.05, 0.1) is 0 Å². The first-order valence-electron chi connectivity index (χ1n) is 7.29. The van der Waals surface area contributed by atoms with E-state index < -0.39 is 0 Å². The Labute approximate surface area is 107 Å². The van der Waals surface area contributed by atoms with Gasteiger partial charge in [-0.15, -0.1) is 0 Å². The fourth-order valence-corrected chi connectivity index (χ4v) is 3.06. The first kappa shape index (κ1) is 13.3. The maximum atomic E-state index is 3.64. The molecule has 0 amide bonds. The molecule has 3 nitrogen and oxygen atoms in total. The molecule has 0 aromatic carbocycles. The molecule has 0 aliphatic carbocycles. The summed E-state index contributed by atoms with van der Waals surface area (Å²) in [6.07, 6.45) is 2.79. The highest BCUT2D eigenvalue weighted by atomic mass is 15.2. The highest BCUT2D eigenvalue weighted by Gasteiger charge is 2.25. The number of hydrogen-bond donors (Lipinski definition) is 1. The van der Waals surface area contributed by atoms with Crippen LogP contribution in [0.5, 0.6) is 0 Å². The molecule has 2 fully saturated rings. The molecule has 0 spiro atoms. The lowest BCUT2D eigenvalue weighted by Crippen LogP contribution is -2.54. The summed E-state index contributed by atoms with van der Waals surface area (Å²) in [5.74, 6) is 1.70. The Morgan fingerprint density at radius 1 is 1.18 bits per heavy atom. The lowest BCUT2D eigenvalue weighted by atomic mass is 9.95. The van der Waals surface area contributed by atoms with Crippen LogP contribution in [0.1, 0.15) is 26.7 Å². The molecule has 1 N–H and O–H groups in total. The van der Waals surface area contributed by atoms with E-state index in [-0.39, 0.29) is 0 Å². The van der Waals surface area contributed by atoms with Crippen molar-refractivity contribution in [1.29, 1.82) is 0 Å². The highest BCUT2D eigenvalue weighted by Crippen LogP contribution is 2.18. The maximum Gasteiger partial charge on any atom is 0.0218 e. The summed E-state index contributed by atoms with van der Waals surface area (Å²) in [5.41, 5.74) is 0. The molecule has 2 aliphatic rings. The third-order valence-electron chi connectivity index (χ3n) is 4.45. The van der Waals surface area contributed by atoms with E-state index >= 15 is 0 Å². The number of hydrogen-bond acceptors (Lipinski definition) is 3. The van der Waals surface area contributed by atoms with Gasteiger partial charge in [-0.25, -0.2) is 0 Å². The fourth-order valence-electron chi connectivity index (χ4n) is 3.06. The second kappa shape index (κ2) is 6.17. The van der Waals surface area contributed by atoms with Crippen molar-refractivity contribution in [2.75, 3.05) is 46.3 Å². The van der Waals surface area contributed by atoms with Crippen molar-refractivity contribution in [3.05, 3.63) is 0 Å². The van der Waals surface area contributed by atoms with Gasteiger partial charge in [-0.05, 0) is 44.8 Å². The Balaban J connectivity index is 1.75. The van der Waals surface area contributed by atoms with Crippen LogP contribution in [0.25, 0.3) is 0 Å². The second-order valence-electron chi connectivity index (χ2n) is 6.31. The van der Waals surface area contributed by atoms with Gasteiger partial charge in [0.15, 0.2) is 0 Å². The van der Waals surface area contributed by atoms with E-state index in [9.17, 15) is 0 Å². The Bertz CT molecular complexity index is 222. The average Bonchev–Trinajstić information content (AvgIpc) is 2.32. The first-order valence-corrected chi connectivity index (χ1v) is 7.29. The summed E-state index contributed by atoms with van der Waals surface area (Å²) in [5, 5.41) is 3.64. The Kier molecular flexibility index (Phi) is 4.83. The molecular formula is C14H29N3. The summed E-state index contributed by atoms with van der Waals surface area (Å²) in [6, 6.07) is 0.704. The van der Waals surface area contributed by atoms with Crippen molar-refractivity contribution in [1.82, 2.24) is 15.1 Å². The predicted octanol–water partition coefficient (Wildman–Crippen LogP) is 1.26. The topological polar surface area (TPSA) is 18.5 Å². The zero-order chi connectivity index (χ0) is 12.3. The fraction of sp³-hybridized carbons (Fsp3) is 1.00. The summed E-state index contributed by atoms with van der Waals surface area (Å²) in [7, 11) is 2.25. The van der Waals surface area contributed by atoms with Crippen LogP contribution in [-0.2, 0) is 0 Å². The molecule has 2 saturated heterocycles. The van der Waals surface area contributed by atoms with Crippen LogP contribution in [0.3, 0.4) is 0 Å². The van der Waals surface area contributed by atoms with E-state index in [1.165, 1.54) is 52.1 Å². The van der Waals surface area contributed by atoms with E-state index in [0.717, 1.165) is 11.8 Å². The molecule has 0 aromatic heterocycles. The lowest BCUT2D eigenvalue weighted by Gasteiger charge is -2.39. The quantitative estimate of drug-likeness (QED) is 0.800. The standard InChI is InChI=1S/C14H29N3/c1-12(2)14-11-17(9-6-15-14)10-13-4-7-16(3)8-5-13/h12-15H,4-11H2,1-3H3. The van der Waals surface area contributed by atoms with Crippen molar-refractivity contribution in [2.24, 2.45) is 11.8 Å². The molecule has 3 heteroatoms. The second-order valence-corrected chi connectivity index (χ2v) is 6.31. The molecule has 0 saturated carbocycles. The largest absolute Gasteiger partial charge is 0.311 e. The van der Waals surface area contributed by atoms with Gasteiger partial charge < -0.3 is 15.1 Å². The van der Waals surface area contributed by atoms with Gasteiger partial charge in [0.25, 0.3) is 0 Å². The van der Waals surface area contributed by atoms with Crippen LogP contribution in [0, 0.1) is 11.8 Å². The zero-order valence-electron chi connectivity index (χ0n) is 11.8. The van der Waals surface area contributed by atoms with Crippen molar-refractivity contribution in [3.8, 4) is 0 Å². The van der Waals surface area contributed by atoms with Crippen molar-refractivity contribution in [2.45, 2.75) is 32.7 Å². The Morgan fingerprint density at radius 2 is 1.88 bits per heavy atom. The minimum Gasteiger partial charge on any atom is -0.311 e. The van der Waals surface area contributed by atoms with Crippen LogP contribution < -0.4 is 5.32 Å². The minimum atomic E-state index is 0.704. The molecule has 100 valence electrons. The van der Waals surface area contributed by atoms with Gasteiger partial charge in [-0.2, -0.15) is 0 Å². The van der Waals surface area contributed by atoms with E-state index in [0.29, 0.717) is 6.04 Å². The van der Waals surface area contributed by atoms with E-state index in [1.807, 2.05) is 0 Å². The molecule has 0 aromatic rings. The number of rotatable bonds is 3. The molecule has 1 unspecified atom stereocenters. The van der Waals surface area contributed by atoms with E-state index in [2.05, 4.69) is 36.0 Å². The monoisotopic (exact) mass is 239 g/mol. The average molecular weight is 239 g/mol. The van der Waals surface area contributed by atoms with Crippen LogP contribution >= 0.6 is 0 Å². The van der Waals surface area contributed by atoms with Crippen LogP contribution in [0.2, 0.25) is 0 Å². The summed E-state index contributed by atoms with van der Waals surface area (Å²) in [6.45, 7) is 12.3. The third-order valence-corrected chi connectivity index (χ3v) is 4.45. The van der Waals surface area contributed by atoms with Gasteiger partial charge in [-0.1, -0.05) is 13.8 Å². The molecule has 2 aliphatic heterocycles. The first-order chi connectivity index (χ1) is 8.15. The zero-order valence-corrected chi connectivity index (χ0v) is 11.8. The normalized spacial score (nSPS) is 30.0. The summed E-state index contributed by atoms with van der Waals surface area (Å²) in [4.78, 5) is 5.16. The van der Waals surface area contributed by atoms with Crippen molar-refractivity contribution >= 4 is 0 Å². The van der Waals surface area contributed by atoms with Gasteiger partial charge in [0.1, 0.15) is 0 Å². The number of piperidine rings is 1. The van der Waals surface area contributed by atoms with Crippen LogP contribution in [-0.4, -0.2) is 62.2 Å². The van der Waals surface area contributed by atoms with Crippen molar-refractivity contribution in [3.63, 3.8) is 0 Å². The number of nitrogens with one attached hydrogen (secondary N) is 1. The summed E-state index contributed by atoms with van der Waals surface area (Å²) < 4.78 is 0. The van der Waals surface area contributed by atoms with Gasteiger partial charge >= 0.3 is 0 Å². The lowest BCUT2D eigenvalue weighted by molar-refractivity contribution is 0.123.